The molecule has 4 rings (SSSR count). The number of hydrogen-bond acceptors (Lipinski definition) is 5. The van der Waals surface area contributed by atoms with Gasteiger partial charge < -0.3 is 9.84 Å². The van der Waals surface area contributed by atoms with E-state index in [1.807, 2.05) is 12.1 Å². The highest BCUT2D eigenvalue weighted by atomic mass is 35.5. The van der Waals surface area contributed by atoms with Crippen molar-refractivity contribution in [2.75, 3.05) is 0 Å². The molecule has 0 spiro atoms. The van der Waals surface area contributed by atoms with Crippen LogP contribution in [0.3, 0.4) is 0 Å². The van der Waals surface area contributed by atoms with Crippen LogP contribution in [-0.2, 0) is 6.54 Å². The highest BCUT2D eigenvalue weighted by Crippen LogP contribution is 2.21. The van der Waals surface area contributed by atoms with Crippen LogP contribution in [-0.4, -0.2) is 26.2 Å². The topological polar surface area (TPSA) is 96.7 Å². The SMILES string of the molecule is O=C(NCc1cc(-c2ccc(Cl)cc2)no1)c1ccc2cn[nH]c2n1. The monoisotopic (exact) mass is 353 g/mol. The third-order valence-electron chi connectivity index (χ3n) is 3.66. The quantitative estimate of drug-likeness (QED) is 0.587. The van der Waals surface area contributed by atoms with Gasteiger partial charge in [0.05, 0.1) is 12.7 Å². The fourth-order valence-corrected chi connectivity index (χ4v) is 2.49. The number of halogens is 1. The van der Waals surface area contributed by atoms with Crippen molar-refractivity contribution < 1.29 is 9.32 Å². The maximum Gasteiger partial charge on any atom is 0.270 e. The maximum atomic E-state index is 12.2. The molecule has 124 valence electrons. The van der Waals surface area contributed by atoms with Crippen LogP contribution < -0.4 is 5.32 Å². The summed E-state index contributed by atoms with van der Waals surface area (Å²) in [6, 6.07) is 12.5. The number of nitrogens with one attached hydrogen (secondary N) is 2. The minimum atomic E-state index is -0.305. The van der Waals surface area contributed by atoms with E-state index in [-0.39, 0.29) is 12.5 Å². The fraction of sp³-hybridized carbons (Fsp3) is 0.0588. The lowest BCUT2D eigenvalue weighted by Crippen LogP contribution is -2.23. The third kappa shape index (κ3) is 3.22. The van der Waals surface area contributed by atoms with E-state index >= 15 is 0 Å². The summed E-state index contributed by atoms with van der Waals surface area (Å²) < 4.78 is 5.26. The molecule has 0 atom stereocenters. The number of hydrogen-bond donors (Lipinski definition) is 2. The maximum absolute atomic E-state index is 12.2. The van der Waals surface area contributed by atoms with Crippen molar-refractivity contribution in [3.8, 4) is 11.3 Å². The molecule has 0 fully saturated rings. The summed E-state index contributed by atoms with van der Waals surface area (Å²) in [5, 5.41) is 14.9. The summed E-state index contributed by atoms with van der Waals surface area (Å²) in [4.78, 5) is 16.4. The van der Waals surface area contributed by atoms with Crippen molar-refractivity contribution in [3.05, 3.63) is 65.1 Å². The highest BCUT2D eigenvalue weighted by Gasteiger charge is 2.11. The number of H-pyrrole nitrogens is 1. The first-order chi connectivity index (χ1) is 12.2. The van der Waals surface area contributed by atoms with Crippen LogP contribution in [0.15, 0.2) is 53.2 Å². The summed E-state index contributed by atoms with van der Waals surface area (Å²) in [5.74, 6) is 0.238. The molecule has 4 aromatic rings. The minimum Gasteiger partial charge on any atom is -0.359 e. The number of nitrogens with zero attached hydrogens (tertiary/aromatic N) is 3. The summed E-state index contributed by atoms with van der Waals surface area (Å²) in [6.45, 7) is 0.210. The Labute approximate surface area is 147 Å². The number of pyridine rings is 1. The molecule has 0 aliphatic rings. The van der Waals surface area contributed by atoms with E-state index < -0.39 is 0 Å². The predicted octanol–water partition coefficient (Wildman–Crippen LogP) is 3.20. The summed E-state index contributed by atoms with van der Waals surface area (Å²) in [5.41, 5.74) is 2.43. The van der Waals surface area contributed by atoms with Gasteiger partial charge in [-0.05, 0) is 24.3 Å². The van der Waals surface area contributed by atoms with Gasteiger partial charge in [-0.25, -0.2) is 4.98 Å². The van der Waals surface area contributed by atoms with E-state index in [2.05, 4.69) is 25.7 Å². The van der Waals surface area contributed by atoms with Crippen molar-refractivity contribution in [2.45, 2.75) is 6.54 Å². The standard InChI is InChI=1S/C17H12ClN5O2/c18-12-4-1-10(2-5-12)15-7-13(25-23-15)9-19-17(24)14-6-3-11-8-20-22-16(11)21-14/h1-8H,9H2,(H,19,24)(H,20,21,22). The zero-order valence-corrected chi connectivity index (χ0v) is 13.6. The zero-order valence-electron chi connectivity index (χ0n) is 12.9. The van der Waals surface area contributed by atoms with Crippen LogP contribution >= 0.6 is 11.6 Å². The molecule has 3 heterocycles. The lowest BCUT2D eigenvalue weighted by Gasteiger charge is -2.01. The number of aromatic amines is 1. The Morgan fingerprint density at radius 2 is 2.04 bits per heavy atom. The summed E-state index contributed by atoms with van der Waals surface area (Å²) in [7, 11) is 0. The lowest BCUT2D eigenvalue weighted by atomic mass is 10.1. The van der Waals surface area contributed by atoms with E-state index in [9.17, 15) is 4.79 Å². The summed E-state index contributed by atoms with van der Waals surface area (Å²) in [6.07, 6.45) is 1.65. The Morgan fingerprint density at radius 3 is 2.88 bits per heavy atom. The molecule has 0 aliphatic carbocycles. The van der Waals surface area contributed by atoms with Gasteiger partial charge in [-0.3, -0.25) is 9.89 Å². The van der Waals surface area contributed by atoms with Crippen molar-refractivity contribution >= 4 is 28.5 Å². The van der Waals surface area contributed by atoms with Gasteiger partial charge in [-0.15, -0.1) is 0 Å². The number of rotatable bonds is 4. The molecule has 1 amide bonds. The first-order valence-electron chi connectivity index (χ1n) is 7.49. The van der Waals surface area contributed by atoms with E-state index in [0.717, 1.165) is 10.9 Å². The summed E-state index contributed by atoms with van der Waals surface area (Å²) >= 11 is 5.87. The van der Waals surface area contributed by atoms with Crippen LogP contribution in [0.2, 0.25) is 5.02 Å². The van der Waals surface area contributed by atoms with Gasteiger partial charge in [-0.2, -0.15) is 5.10 Å². The number of amides is 1. The molecule has 8 heteroatoms. The van der Waals surface area contributed by atoms with E-state index in [0.29, 0.717) is 27.8 Å². The molecule has 7 nitrogen and oxygen atoms in total. The van der Waals surface area contributed by atoms with Gasteiger partial charge in [0, 0.05) is 22.0 Å². The van der Waals surface area contributed by atoms with Crippen molar-refractivity contribution in [1.29, 1.82) is 0 Å². The molecule has 0 aliphatic heterocycles. The van der Waals surface area contributed by atoms with Crippen LogP contribution in [0.5, 0.6) is 0 Å². The average Bonchev–Trinajstić information content (AvgIpc) is 3.29. The minimum absolute atomic E-state index is 0.210. The number of carbonyl (C=O) groups excluding carboxylic acids is 1. The Morgan fingerprint density at radius 1 is 1.20 bits per heavy atom. The largest absolute Gasteiger partial charge is 0.359 e. The Kier molecular flexibility index (Phi) is 3.91. The first kappa shape index (κ1) is 15.3. The fourth-order valence-electron chi connectivity index (χ4n) is 2.36. The van der Waals surface area contributed by atoms with Gasteiger partial charge in [0.2, 0.25) is 0 Å². The van der Waals surface area contributed by atoms with Gasteiger partial charge in [-0.1, -0.05) is 28.9 Å². The van der Waals surface area contributed by atoms with Gasteiger partial charge >= 0.3 is 0 Å². The predicted molar refractivity (Wildman–Crippen MR) is 92.0 cm³/mol. The molecule has 0 saturated carbocycles. The lowest BCUT2D eigenvalue weighted by molar-refractivity contribution is 0.0942. The number of aromatic nitrogens is 4. The number of fused-ring (bicyclic) bond motifs is 1. The smallest absolute Gasteiger partial charge is 0.270 e. The number of carbonyl (C=O) groups is 1. The molecule has 0 saturated heterocycles. The molecule has 2 N–H and O–H groups in total. The average molecular weight is 354 g/mol. The van der Waals surface area contributed by atoms with Crippen LogP contribution in [0.25, 0.3) is 22.3 Å². The normalized spacial score (nSPS) is 10.9. The molecule has 3 aromatic heterocycles. The third-order valence-corrected chi connectivity index (χ3v) is 3.91. The van der Waals surface area contributed by atoms with E-state index in [1.54, 1.807) is 36.5 Å². The van der Waals surface area contributed by atoms with Crippen LogP contribution in [0.1, 0.15) is 16.2 Å². The molecule has 0 radical (unpaired) electrons. The van der Waals surface area contributed by atoms with Crippen LogP contribution in [0.4, 0.5) is 0 Å². The van der Waals surface area contributed by atoms with Crippen molar-refractivity contribution in [2.24, 2.45) is 0 Å². The van der Waals surface area contributed by atoms with E-state index in [4.69, 9.17) is 16.1 Å². The molecular formula is C17H12ClN5O2. The molecule has 25 heavy (non-hydrogen) atoms. The highest BCUT2D eigenvalue weighted by molar-refractivity contribution is 6.30. The zero-order chi connectivity index (χ0) is 17.2. The second-order valence-corrected chi connectivity index (χ2v) is 5.81. The molecule has 0 unspecified atom stereocenters. The van der Waals surface area contributed by atoms with Crippen molar-refractivity contribution in [3.63, 3.8) is 0 Å². The first-order valence-corrected chi connectivity index (χ1v) is 7.87. The Hall–Kier alpha value is -3.19. The Balaban J connectivity index is 1.44. The molecule has 1 aromatic carbocycles. The van der Waals surface area contributed by atoms with Gasteiger partial charge in [0.1, 0.15) is 11.4 Å². The van der Waals surface area contributed by atoms with E-state index in [1.165, 1.54) is 0 Å². The second kappa shape index (κ2) is 6.37. The molecular weight excluding hydrogens is 342 g/mol. The Bertz CT molecular complexity index is 1040. The van der Waals surface area contributed by atoms with Gasteiger partial charge in [0.25, 0.3) is 5.91 Å². The number of benzene rings is 1. The van der Waals surface area contributed by atoms with Crippen LogP contribution in [0, 0.1) is 0 Å². The van der Waals surface area contributed by atoms with Gasteiger partial charge in [0.15, 0.2) is 11.4 Å². The second-order valence-electron chi connectivity index (χ2n) is 5.37. The van der Waals surface area contributed by atoms with Crippen molar-refractivity contribution in [1.82, 2.24) is 25.7 Å². The molecule has 0 bridgehead atoms.